The van der Waals surface area contributed by atoms with E-state index in [0.717, 1.165) is 39.6 Å². The fourth-order valence-electron chi connectivity index (χ4n) is 1.52. The Balaban J connectivity index is 1.81. The number of nitrogens with one attached hydrogen (secondary N) is 1. The van der Waals surface area contributed by atoms with Crippen molar-refractivity contribution in [2.45, 2.75) is 13.3 Å². The number of nitrogens with zero attached hydrogens (tertiary/aromatic N) is 3. The molecule has 7 heteroatoms. The van der Waals surface area contributed by atoms with Gasteiger partial charge in [-0.25, -0.2) is 4.98 Å². The highest BCUT2D eigenvalue weighted by Gasteiger charge is 2.12. The molecular formula is C12H12N4OS2. The van der Waals surface area contributed by atoms with E-state index in [1.165, 1.54) is 11.3 Å². The molecule has 3 rings (SSSR count). The molecule has 0 fully saturated rings. The highest BCUT2D eigenvalue weighted by Crippen LogP contribution is 2.31. The zero-order valence-electron chi connectivity index (χ0n) is 10.3. The van der Waals surface area contributed by atoms with E-state index in [0.29, 0.717) is 0 Å². The molecule has 0 aromatic carbocycles. The van der Waals surface area contributed by atoms with Crippen molar-refractivity contribution in [2.24, 2.45) is 0 Å². The van der Waals surface area contributed by atoms with Gasteiger partial charge in [-0.3, -0.25) is 0 Å². The summed E-state index contributed by atoms with van der Waals surface area (Å²) in [4.78, 5) is 4.52. The summed E-state index contributed by atoms with van der Waals surface area (Å²) in [5, 5.41) is 16.0. The van der Waals surface area contributed by atoms with Gasteiger partial charge in [0.2, 0.25) is 5.13 Å². The van der Waals surface area contributed by atoms with Crippen LogP contribution in [0.4, 0.5) is 5.13 Å². The van der Waals surface area contributed by atoms with Gasteiger partial charge in [-0.2, -0.15) is 0 Å². The topological polar surface area (TPSA) is 63.8 Å². The lowest BCUT2D eigenvalue weighted by Crippen LogP contribution is -1.98. The van der Waals surface area contributed by atoms with E-state index in [-0.39, 0.29) is 0 Å². The number of hydrogen-bond donors (Lipinski definition) is 1. The third kappa shape index (κ3) is 2.66. The highest BCUT2D eigenvalue weighted by atomic mass is 32.1. The van der Waals surface area contributed by atoms with Crippen LogP contribution < -0.4 is 5.32 Å². The SMILES string of the molecule is CCCNc1nnc(-c2csc(-c3ccco3)n2)s1. The van der Waals surface area contributed by atoms with Crippen LogP contribution in [0.5, 0.6) is 0 Å². The van der Waals surface area contributed by atoms with Crippen molar-refractivity contribution in [1.29, 1.82) is 0 Å². The van der Waals surface area contributed by atoms with Gasteiger partial charge < -0.3 is 9.73 Å². The van der Waals surface area contributed by atoms with Crippen LogP contribution in [0.1, 0.15) is 13.3 Å². The molecule has 0 spiro atoms. The van der Waals surface area contributed by atoms with Gasteiger partial charge >= 0.3 is 0 Å². The summed E-state index contributed by atoms with van der Waals surface area (Å²) in [6.07, 6.45) is 2.71. The number of thiazole rings is 1. The number of furan rings is 1. The first-order valence-electron chi connectivity index (χ1n) is 5.94. The summed E-state index contributed by atoms with van der Waals surface area (Å²) in [6.45, 7) is 3.02. The van der Waals surface area contributed by atoms with Gasteiger partial charge in [0.05, 0.1) is 6.26 Å². The molecule has 0 amide bonds. The predicted molar refractivity (Wildman–Crippen MR) is 77.5 cm³/mol. The molecule has 0 saturated heterocycles. The molecule has 0 unspecified atom stereocenters. The summed E-state index contributed by atoms with van der Waals surface area (Å²) >= 11 is 3.06. The van der Waals surface area contributed by atoms with Crippen molar-refractivity contribution in [1.82, 2.24) is 15.2 Å². The molecule has 0 atom stereocenters. The van der Waals surface area contributed by atoms with E-state index in [1.807, 2.05) is 17.5 Å². The molecule has 1 N–H and O–H groups in total. The number of aromatic nitrogens is 3. The quantitative estimate of drug-likeness (QED) is 0.776. The first-order valence-corrected chi connectivity index (χ1v) is 7.63. The second-order valence-electron chi connectivity index (χ2n) is 3.85. The van der Waals surface area contributed by atoms with E-state index < -0.39 is 0 Å². The van der Waals surface area contributed by atoms with Crippen molar-refractivity contribution in [2.75, 3.05) is 11.9 Å². The molecule has 3 aromatic heterocycles. The smallest absolute Gasteiger partial charge is 0.206 e. The van der Waals surface area contributed by atoms with Crippen LogP contribution in [0, 0.1) is 0 Å². The molecule has 5 nitrogen and oxygen atoms in total. The second-order valence-corrected chi connectivity index (χ2v) is 5.69. The number of anilines is 1. The summed E-state index contributed by atoms with van der Waals surface area (Å²) in [7, 11) is 0. The summed E-state index contributed by atoms with van der Waals surface area (Å²) < 4.78 is 5.33. The van der Waals surface area contributed by atoms with Crippen LogP contribution in [0.2, 0.25) is 0 Å². The lowest BCUT2D eigenvalue weighted by Gasteiger charge is -1.95. The monoisotopic (exact) mass is 292 g/mol. The maximum atomic E-state index is 5.33. The van der Waals surface area contributed by atoms with Gasteiger partial charge in [0.25, 0.3) is 0 Å². The Labute approximate surface area is 118 Å². The van der Waals surface area contributed by atoms with Crippen molar-refractivity contribution in [3.8, 4) is 21.5 Å². The van der Waals surface area contributed by atoms with E-state index in [2.05, 4.69) is 27.4 Å². The molecule has 0 aliphatic rings. The molecule has 19 heavy (non-hydrogen) atoms. The van der Waals surface area contributed by atoms with Crippen LogP contribution in [0.25, 0.3) is 21.5 Å². The maximum Gasteiger partial charge on any atom is 0.206 e. The lowest BCUT2D eigenvalue weighted by molar-refractivity contribution is 0.582. The summed E-state index contributed by atoms with van der Waals surface area (Å²) in [5.41, 5.74) is 0.846. The molecule has 3 heterocycles. The van der Waals surface area contributed by atoms with Crippen LogP contribution in [-0.4, -0.2) is 21.7 Å². The van der Waals surface area contributed by atoms with E-state index >= 15 is 0 Å². The average Bonchev–Trinajstić information content (AvgIpc) is 3.14. The van der Waals surface area contributed by atoms with E-state index in [9.17, 15) is 0 Å². The van der Waals surface area contributed by atoms with Crippen LogP contribution in [-0.2, 0) is 0 Å². The highest BCUT2D eigenvalue weighted by molar-refractivity contribution is 7.19. The Hall–Kier alpha value is -1.73. The molecule has 0 bridgehead atoms. The fraction of sp³-hybridized carbons (Fsp3) is 0.250. The fourth-order valence-corrected chi connectivity index (χ4v) is 3.09. The van der Waals surface area contributed by atoms with Gasteiger partial charge in [-0.05, 0) is 18.6 Å². The molecule has 98 valence electrons. The van der Waals surface area contributed by atoms with Gasteiger partial charge in [0, 0.05) is 11.9 Å². The Morgan fingerprint density at radius 1 is 1.32 bits per heavy atom. The molecule has 0 saturated carbocycles. The standard InChI is InChI=1S/C12H12N4OS2/c1-2-5-13-12-16-15-10(19-12)8-7-18-11(14-8)9-4-3-6-17-9/h3-4,6-7H,2,5H2,1H3,(H,13,16). The molecular weight excluding hydrogens is 280 g/mol. The first-order chi connectivity index (χ1) is 9.36. The van der Waals surface area contributed by atoms with Gasteiger partial charge in [-0.15, -0.1) is 21.5 Å². The normalized spacial score (nSPS) is 10.8. The van der Waals surface area contributed by atoms with Crippen molar-refractivity contribution < 1.29 is 4.42 Å². The molecule has 3 aromatic rings. The summed E-state index contributed by atoms with van der Waals surface area (Å²) in [6, 6.07) is 3.76. The summed E-state index contributed by atoms with van der Waals surface area (Å²) in [5.74, 6) is 0.782. The largest absolute Gasteiger partial charge is 0.462 e. The molecule has 0 aliphatic heterocycles. The predicted octanol–water partition coefficient (Wildman–Crippen LogP) is 3.74. The van der Waals surface area contributed by atoms with Crippen LogP contribution in [0.3, 0.4) is 0 Å². The van der Waals surface area contributed by atoms with E-state index in [1.54, 1.807) is 17.6 Å². The first kappa shape index (κ1) is 12.3. The minimum atomic E-state index is 0.782. The average molecular weight is 292 g/mol. The Bertz CT molecular complexity index is 644. The number of hydrogen-bond acceptors (Lipinski definition) is 7. The third-order valence-corrected chi connectivity index (χ3v) is 4.17. The Morgan fingerprint density at radius 2 is 2.26 bits per heavy atom. The minimum absolute atomic E-state index is 0.782. The van der Waals surface area contributed by atoms with Gasteiger partial charge in [-0.1, -0.05) is 18.3 Å². The second kappa shape index (κ2) is 5.50. The van der Waals surface area contributed by atoms with Crippen LogP contribution in [0.15, 0.2) is 28.2 Å². The third-order valence-electron chi connectivity index (χ3n) is 2.41. The minimum Gasteiger partial charge on any atom is -0.462 e. The van der Waals surface area contributed by atoms with Crippen LogP contribution >= 0.6 is 22.7 Å². The van der Waals surface area contributed by atoms with E-state index in [4.69, 9.17) is 4.42 Å². The molecule has 0 aliphatic carbocycles. The van der Waals surface area contributed by atoms with Gasteiger partial charge in [0.15, 0.2) is 15.8 Å². The molecule has 0 radical (unpaired) electrons. The Kier molecular flexibility index (Phi) is 3.56. The van der Waals surface area contributed by atoms with Crippen molar-refractivity contribution >= 4 is 27.8 Å². The number of rotatable bonds is 5. The van der Waals surface area contributed by atoms with Gasteiger partial charge in [0.1, 0.15) is 5.69 Å². The maximum absolute atomic E-state index is 5.33. The lowest BCUT2D eigenvalue weighted by atomic mass is 10.4. The van der Waals surface area contributed by atoms with Crippen molar-refractivity contribution in [3.63, 3.8) is 0 Å². The zero-order valence-corrected chi connectivity index (χ0v) is 11.9. The Morgan fingerprint density at radius 3 is 3.05 bits per heavy atom. The zero-order chi connectivity index (χ0) is 13.1. The van der Waals surface area contributed by atoms with Crippen molar-refractivity contribution in [3.05, 3.63) is 23.8 Å².